The summed E-state index contributed by atoms with van der Waals surface area (Å²) in [5.41, 5.74) is 2.26. The van der Waals surface area contributed by atoms with Crippen LogP contribution in [0.2, 0.25) is 5.02 Å². The van der Waals surface area contributed by atoms with Crippen LogP contribution in [0.5, 0.6) is 0 Å². The predicted octanol–water partition coefficient (Wildman–Crippen LogP) is 4.18. The zero-order valence-corrected chi connectivity index (χ0v) is 11.1. The summed E-state index contributed by atoms with van der Waals surface area (Å²) in [7, 11) is 0. The smallest absolute Gasteiger partial charge is 0.126 e. The summed E-state index contributed by atoms with van der Waals surface area (Å²) in [4.78, 5) is 0. The lowest BCUT2D eigenvalue weighted by Crippen LogP contribution is -2.28. The molecular weight excluding hydrogens is 262 g/mol. The minimum Gasteiger partial charge on any atom is -0.467 e. The second kappa shape index (κ2) is 4.29. The Kier molecular flexibility index (Phi) is 2.57. The summed E-state index contributed by atoms with van der Waals surface area (Å²) in [6, 6.07) is 10.1. The number of anilines is 1. The average Bonchev–Trinajstić information content (AvgIpc) is 3.09. The highest BCUT2D eigenvalue weighted by molar-refractivity contribution is 6.30. The van der Waals surface area contributed by atoms with Gasteiger partial charge in [0.1, 0.15) is 5.76 Å². The molecule has 4 heteroatoms. The molecule has 0 bridgehead atoms. The van der Waals surface area contributed by atoms with Crippen LogP contribution < -0.4 is 5.32 Å². The monoisotopic (exact) mass is 275 g/mol. The van der Waals surface area contributed by atoms with Crippen LogP contribution in [0.15, 0.2) is 41.0 Å². The quantitative estimate of drug-likeness (QED) is 0.848. The first-order valence-corrected chi connectivity index (χ1v) is 6.92. The molecule has 1 N–H and O–H groups in total. The molecule has 0 saturated carbocycles. The van der Waals surface area contributed by atoms with Crippen molar-refractivity contribution in [2.45, 2.75) is 18.6 Å². The van der Waals surface area contributed by atoms with Crippen LogP contribution in [-0.4, -0.2) is 6.61 Å². The van der Waals surface area contributed by atoms with Crippen LogP contribution in [-0.2, 0) is 4.74 Å². The lowest BCUT2D eigenvalue weighted by Gasteiger charge is -2.35. The van der Waals surface area contributed by atoms with Crippen molar-refractivity contribution in [1.29, 1.82) is 0 Å². The number of ether oxygens (including phenoxy) is 1. The summed E-state index contributed by atoms with van der Waals surface area (Å²) >= 11 is 6.10. The third kappa shape index (κ3) is 1.77. The topological polar surface area (TPSA) is 34.4 Å². The largest absolute Gasteiger partial charge is 0.467 e. The van der Waals surface area contributed by atoms with E-state index in [0.717, 1.165) is 35.1 Å². The van der Waals surface area contributed by atoms with Gasteiger partial charge in [0.25, 0.3) is 0 Å². The van der Waals surface area contributed by atoms with Gasteiger partial charge in [-0.05, 0) is 36.8 Å². The Morgan fingerprint density at radius 3 is 3.05 bits per heavy atom. The van der Waals surface area contributed by atoms with E-state index in [-0.39, 0.29) is 12.1 Å². The third-order valence-electron chi connectivity index (χ3n) is 4.05. The lowest BCUT2D eigenvalue weighted by molar-refractivity contribution is 0.0808. The van der Waals surface area contributed by atoms with Crippen molar-refractivity contribution in [1.82, 2.24) is 0 Å². The third-order valence-corrected chi connectivity index (χ3v) is 4.28. The molecule has 1 aromatic carbocycles. The van der Waals surface area contributed by atoms with Gasteiger partial charge in [-0.3, -0.25) is 0 Å². The Morgan fingerprint density at radius 2 is 2.21 bits per heavy atom. The summed E-state index contributed by atoms with van der Waals surface area (Å²) in [5, 5.41) is 4.32. The van der Waals surface area contributed by atoms with Crippen LogP contribution in [0.4, 0.5) is 5.69 Å². The molecule has 0 amide bonds. The van der Waals surface area contributed by atoms with Crippen molar-refractivity contribution in [2.24, 2.45) is 5.92 Å². The normalized spacial score (nSPS) is 28.6. The van der Waals surface area contributed by atoms with Crippen molar-refractivity contribution in [2.75, 3.05) is 11.9 Å². The van der Waals surface area contributed by atoms with E-state index >= 15 is 0 Å². The van der Waals surface area contributed by atoms with E-state index < -0.39 is 0 Å². The highest BCUT2D eigenvalue weighted by atomic mass is 35.5. The minimum atomic E-state index is 0.116. The maximum Gasteiger partial charge on any atom is 0.126 e. The Bertz CT molecular complexity index is 596. The Hall–Kier alpha value is -1.45. The van der Waals surface area contributed by atoms with E-state index in [1.165, 1.54) is 0 Å². The standard InChI is InChI=1S/C15H14ClNO2/c16-9-3-4-12-11(8-9)15-10(5-7-19-15)14(17-12)13-2-1-6-18-13/h1-4,6,8,10,14-15,17H,5,7H2/t10-,14+,15-/m0/s1. The van der Waals surface area contributed by atoms with Gasteiger partial charge in [0.05, 0.1) is 18.4 Å². The van der Waals surface area contributed by atoms with Crippen molar-refractivity contribution >= 4 is 17.3 Å². The molecule has 0 unspecified atom stereocenters. The van der Waals surface area contributed by atoms with Gasteiger partial charge in [-0.2, -0.15) is 0 Å². The van der Waals surface area contributed by atoms with E-state index in [1.807, 2.05) is 30.3 Å². The number of benzene rings is 1. The molecule has 0 aliphatic carbocycles. The van der Waals surface area contributed by atoms with Crippen LogP contribution in [0.3, 0.4) is 0 Å². The predicted molar refractivity (Wildman–Crippen MR) is 73.3 cm³/mol. The van der Waals surface area contributed by atoms with Gasteiger partial charge in [-0.15, -0.1) is 0 Å². The number of fused-ring (bicyclic) bond motifs is 3. The first-order chi connectivity index (χ1) is 9.33. The van der Waals surface area contributed by atoms with Gasteiger partial charge in [0.15, 0.2) is 0 Å². The second-order valence-corrected chi connectivity index (χ2v) is 5.55. The molecule has 98 valence electrons. The minimum absolute atomic E-state index is 0.116. The van der Waals surface area contributed by atoms with Crippen molar-refractivity contribution < 1.29 is 9.15 Å². The highest BCUT2D eigenvalue weighted by Gasteiger charge is 2.42. The molecule has 1 fully saturated rings. The lowest BCUT2D eigenvalue weighted by atomic mass is 9.83. The fourth-order valence-corrected chi connectivity index (χ4v) is 3.37. The number of rotatable bonds is 1. The molecule has 0 radical (unpaired) electrons. The molecule has 19 heavy (non-hydrogen) atoms. The molecule has 3 heterocycles. The summed E-state index contributed by atoms with van der Waals surface area (Å²) in [6.07, 6.45) is 2.87. The fraction of sp³-hybridized carbons (Fsp3) is 0.333. The fourth-order valence-electron chi connectivity index (χ4n) is 3.19. The Morgan fingerprint density at radius 1 is 1.26 bits per heavy atom. The molecule has 3 nitrogen and oxygen atoms in total. The summed E-state index contributed by atoms with van der Waals surface area (Å²) in [6.45, 7) is 0.792. The number of halogens is 1. The van der Waals surface area contributed by atoms with Crippen molar-refractivity contribution in [3.63, 3.8) is 0 Å². The number of hydrogen-bond donors (Lipinski definition) is 1. The Balaban J connectivity index is 1.80. The highest BCUT2D eigenvalue weighted by Crippen LogP contribution is 2.50. The van der Waals surface area contributed by atoms with Crippen molar-refractivity contribution in [3.05, 3.63) is 52.9 Å². The van der Waals surface area contributed by atoms with Gasteiger partial charge >= 0.3 is 0 Å². The molecule has 2 aromatic rings. The number of furan rings is 1. The molecule has 4 rings (SSSR count). The van der Waals surface area contributed by atoms with Crippen LogP contribution in [0.25, 0.3) is 0 Å². The molecule has 1 saturated heterocycles. The zero-order valence-electron chi connectivity index (χ0n) is 10.3. The van der Waals surface area contributed by atoms with Crippen LogP contribution in [0, 0.1) is 5.92 Å². The van der Waals surface area contributed by atoms with E-state index in [4.69, 9.17) is 20.8 Å². The first-order valence-electron chi connectivity index (χ1n) is 6.54. The van der Waals surface area contributed by atoms with E-state index in [2.05, 4.69) is 5.32 Å². The van der Waals surface area contributed by atoms with E-state index in [9.17, 15) is 0 Å². The van der Waals surface area contributed by atoms with Crippen LogP contribution >= 0.6 is 11.6 Å². The van der Waals surface area contributed by atoms with Gasteiger partial charge in [-0.25, -0.2) is 0 Å². The van der Waals surface area contributed by atoms with Gasteiger partial charge in [0.2, 0.25) is 0 Å². The first kappa shape index (κ1) is 11.4. The average molecular weight is 276 g/mol. The SMILES string of the molecule is Clc1ccc2c(c1)[C@H]1OCC[C@H]1[C@H](c1ccco1)N2. The molecule has 2 aliphatic heterocycles. The molecule has 1 aromatic heterocycles. The van der Waals surface area contributed by atoms with Gasteiger partial charge in [0, 0.05) is 28.8 Å². The molecule has 2 aliphatic rings. The maximum absolute atomic E-state index is 6.10. The summed E-state index contributed by atoms with van der Waals surface area (Å²) in [5.74, 6) is 1.37. The number of hydrogen-bond acceptors (Lipinski definition) is 3. The zero-order chi connectivity index (χ0) is 12.8. The molecule has 3 atom stereocenters. The maximum atomic E-state index is 6.10. The summed E-state index contributed by atoms with van der Waals surface area (Å²) < 4.78 is 11.5. The second-order valence-electron chi connectivity index (χ2n) is 5.11. The van der Waals surface area contributed by atoms with Gasteiger partial charge in [-0.1, -0.05) is 11.6 Å². The van der Waals surface area contributed by atoms with Gasteiger partial charge < -0.3 is 14.5 Å². The molecule has 0 spiro atoms. The van der Waals surface area contributed by atoms with Crippen molar-refractivity contribution in [3.8, 4) is 0 Å². The Labute approximate surface area is 116 Å². The van der Waals surface area contributed by atoms with E-state index in [1.54, 1.807) is 6.26 Å². The number of nitrogens with one attached hydrogen (secondary N) is 1. The van der Waals surface area contributed by atoms with E-state index in [0.29, 0.717) is 5.92 Å². The molecular formula is C15H14ClNO2. The van der Waals surface area contributed by atoms with Crippen LogP contribution in [0.1, 0.15) is 29.9 Å².